The van der Waals surface area contributed by atoms with Crippen LogP contribution >= 0.6 is 11.6 Å². The molecule has 0 bridgehead atoms. The first kappa shape index (κ1) is 13.9. The number of benzene rings is 1. The third-order valence-corrected chi connectivity index (χ3v) is 4.42. The van der Waals surface area contributed by atoms with Gasteiger partial charge in [-0.15, -0.1) is 0 Å². The van der Waals surface area contributed by atoms with Gasteiger partial charge in [-0.3, -0.25) is 0 Å². The van der Waals surface area contributed by atoms with Crippen LogP contribution in [-0.2, 0) is 4.74 Å². The van der Waals surface area contributed by atoms with Gasteiger partial charge in [-0.25, -0.2) is 0 Å². The maximum absolute atomic E-state index is 10.6. The Bertz CT molecular complexity index is 397. The van der Waals surface area contributed by atoms with Crippen molar-refractivity contribution in [3.8, 4) is 0 Å². The lowest BCUT2D eigenvalue weighted by atomic mass is 9.74. The van der Waals surface area contributed by atoms with Crippen LogP contribution in [0.2, 0.25) is 5.02 Å². The summed E-state index contributed by atoms with van der Waals surface area (Å²) in [6, 6.07) is 7.43. The van der Waals surface area contributed by atoms with E-state index in [1.807, 2.05) is 24.3 Å². The van der Waals surface area contributed by atoms with Crippen LogP contribution in [0.25, 0.3) is 0 Å². The zero-order valence-electron chi connectivity index (χ0n) is 11.0. The summed E-state index contributed by atoms with van der Waals surface area (Å²) in [5.74, 6) is 0.722. The summed E-state index contributed by atoms with van der Waals surface area (Å²) >= 11 is 5.99. The van der Waals surface area contributed by atoms with Crippen molar-refractivity contribution < 1.29 is 9.84 Å². The van der Waals surface area contributed by atoms with Crippen molar-refractivity contribution in [3.63, 3.8) is 0 Å². The van der Waals surface area contributed by atoms with Crippen LogP contribution < -0.4 is 0 Å². The Hall–Kier alpha value is -0.570. The van der Waals surface area contributed by atoms with Crippen LogP contribution in [0.15, 0.2) is 24.3 Å². The summed E-state index contributed by atoms with van der Waals surface area (Å²) in [6.45, 7) is 2.26. The van der Waals surface area contributed by atoms with Gasteiger partial charge in [0.2, 0.25) is 0 Å². The Balaban J connectivity index is 2.22. The fraction of sp³-hybridized carbons (Fsp3) is 0.600. The van der Waals surface area contributed by atoms with Crippen molar-refractivity contribution in [2.75, 3.05) is 7.11 Å². The van der Waals surface area contributed by atoms with Crippen LogP contribution in [0.1, 0.15) is 44.3 Å². The molecule has 1 atom stereocenters. The molecule has 0 aromatic heterocycles. The Labute approximate surface area is 114 Å². The van der Waals surface area contributed by atoms with E-state index in [2.05, 4.69) is 6.92 Å². The summed E-state index contributed by atoms with van der Waals surface area (Å²) in [5, 5.41) is 11.3. The van der Waals surface area contributed by atoms with Crippen molar-refractivity contribution in [2.45, 2.75) is 44.3 Å². The van der Waals surface area contributed by atoms with E-state index in [4.69, 9.17) is 16.3 Å². The van der Waals surface area contributed by atoms with Crippen molar-refractivity contribution in [1.82, 2.24) is 0 Å². The number of aliphatic hydroxyl groups is 1. The number of aliphatic hydroxyl groups excluding tert-OH is 1. The highest BCUT2D eigenvalue weighted by Crippen LogP contribution is 2.43. The third kappa shape index (κ3) is 2.71. The molecule has 1 aromatic rings. The van der Waals surface area contributed by atoms with Crippen LogP contribution in [-0.4, -0.2) is 17.8 Å². The molecule has 18 heavy (non-hydrogen) atoms. The van der Waals surface area contributed by atoms with E-state index in [0.717, 1.165) is 37.2 Å². The number of rotatable bonds is 3. The van der Waals surface area contributed by atoms with E-state index < -0.39 is 11.7 Å². The van der Waals surface area contributed by atoms with Crippen LogP contribution in [0.3, 0.4) is 0 Å². The molecular formula is C15H21ClO2. The molecule has 1 saturated carbocycles. The molecule has 1 aromatic carbocycles. The molecule has 100 valence electrons. The van der Waals surface area contributed by atoms with Crippen molar-refractivity contribution in [3.05, 3.63) is 34.9 Å². The highest BCUT2D eigenvalue weighted by Gasteiger charge is 2.41. The van der Waals surface area contributed by atoms with Gasteiger partial charge in [0.25, 0.3) is 0 Å². The topological polar surface area (TPSA) is 29.5 Å². The smallest absolute Gasteiger partial charge is 0.108 e. The fourth-order valence-electron chi connectivity index (χ4n) is 2.82. The van der Waals surface area contributed by atoms with Crippen LogP contribution in [0, 0.1) is 5.92 Å². The number of halogens is 1. The first-order chi connectivity index (χ1) is 8.57. The standard InChI is InChI=1S/C15H21ClO2/c1-11-6-8-15(18-2,9-7-11)14(17)12-4-3-5-13(16)10-12/h3-5,10-11,14,17H,6-9H2,1-2H3. The van der Waals surface area contributed by atoms with E-state index in [9.17, 15) is 5.11 Å². The molecule has 0 aliphatic heterocycles. The van der Waals surface area contributed by atoms with Gasteiger partial charge in [0.05, 0.1) is 5.60 Å². The summed E-state index contributed by atoms with van der Waals surface area (Å²) in [7, 11) is 1.70. The van der Waals surface area contributed by atoms with E-state index in [1.54, 1.807) is 7.11 Å². The van der Waals surface area contributed by atoms with Gasteiger partial charge < -0.3 is 9.84 Å². The van der Waals surface area contributed by atoms with Gasteiger partial charge in [0.15, 0.2) is 0 Å². The average Bonchev–Trinajstić information content (AvgIpc) is 2.39. The predicted octanol–water partition coefficient (Wildman–Crippen LogP) is 3.97. The Morgan fingerprint density at radius 3 is 2.61 bits per heavy atom. The fourth-order valence-corrected chi connectivity index (χ4v) is 3.02. The molecule has 0 spiro atoms. The summed E-state index contributed by atoms with van der Waals surface area (Å²) in [5.41, 5.74) is 0.399. The molecule has 0 amide bonds. The average molecular weight is 269 g/mol. The molecule has 2 nitrogen and oxygen atoms in total. The monoisotopic (exact) mass is 268 g/mol. The predicted molar refractivity (Wildman–Crippen MR) is 73.8 cm³/mol. The largest absolute Gasteiger partial charge is 0.385 e. The molecule has 0 heterocycles. The van der Waals surface area contributed by atoms with E-state index in [1.165, 1.54) is 0 Å². The van der Waals surface area contributed by atoms with Crippen LogP contribution in [0.5, 0.6) is 0 Å². The number of hydrogen-bond acceptors (Lipinski definition) is 2. The van der Waals surface area contributed by atoms with Crippen molar-refractivity contribution >= 4 is 11.6 Å². The maximum atomic E-state index is 10.6. The van der Waals surface area contributed by atoms with E-state index in [-0.39, 0.29) is 0 Å². The SMILES string of the molecule is COC1(C(O)c2cccc(Cl)c2)CCC(C)CC1. The minimum absolute atomic E-state index is 0.447. The van der Waals surface area contributed by atoms with Gasteiger partial charge in [0.1, 0.15) is 6.10 Å². The van der Waals surface area contributed by atoms with Gasteiger partial charge in [-0.2, -0.15) is 0 Å². The normalized spacial score (nSPS) is 30.1. The zero-order valence-corrected chi connectivity index (χ0v) is 11.8. The second kappa shape index (κ2) is 5.60. The summed E-state index contributed by atoms with van der Waals surface area (Å²) in [6.07, 6.45) is 3.40. The van der Waals surface area contributed by atoms with Crippen molar-refractivity contribution in [1.29, 1.82) is 0 Å². The lowest BCUT2D eigenvalue weighted by molar-refractivity contribution is -0.130. The molecule has 0 saturated heterocycles. The third-order valence-electron chi connectivity index (χ3n) is 4.19. The van der Waals surface area contributed by atoms with Crippen LogP contribution in [0.4, 0.5) is 0 Å². The second-order valence-corrected chi connectivity index (χ2v) is 5.85. The minimum atomic E-state index is -0.603. The number of methoxy groups -OCH3 is 1. The number of ether oxygens (including phenoxy) is 1. The Morgan fingerprint density at radius 1 is 1.39 bits per heavy atom. The van der Waals surface area contributed by atoms with Gasteiger partial charge in [-0.1, -0.05) is 30.7 Å². The lowest BCUT2D eigenvalue weighted by Crippen LogP contribution is -2.41. The molecule has 1 aliphatic rings. The molecule has 3 heteroatoms. The molecule has 1 N–H and O–H groups in total. The zero-order chi connectivity index (χ0) is 13.2. The van der Waals surface area contributed by atoms with Gasteiger partial charge in [0, 0.05) is 12.1 Å². The first-order valence-electron chi connectivity index (χ1n) is 6.56. The van der Waals surface area contributed by atoms with E-state index >= 15 is 0 Å². The molecule has 1 fully saturated rings. The van der Waals surface area contributed by atoms with E-state index in [0.29, 0.717) is 5.02 Å². The maximum Gasteiger partial charge on any atom is 0.108 e. The van der Waals surface area contributed by atoms with Gasteiger partial charge >= 0.3 is 0 Å². The number of hydrogen-bond donors (Lipinski definition) is 1. The Kier molecular flexibility index (Phi) is 4.31. The lowest BCUT2D eigenvalue weighted by Gasteiger charge is -2.41. The highest BCUT2D eigenvalue weighted by molar-refractivity contribution is 6.30. The van der Waals surface area contributed by atoms with Crippen molar-refractivity contribution in [2.24, 2.45) is 5.92 Å². The summed E-state index contributed by atoms with van der Waals surface area (Å²) in [4.78, 5) is 0. The second-order valence-electron chi connectivity index (χ2n) is 5.41. The molecule has 1 unspecified atom stereocenters. The van der Waals surface area contributed by atoms with Gasteiger partial charge in [-0.05, 0) is 49.3 Å². The minimum Gasteiger partial charge on any atom is -0.385 e. The molecular weight excluding hydrogens is 248 g/mol. The summed E-state index contributed by atoms with van der Waals surface area (Å²) < 4.78 is 5.69. The molecule has 1 aliphatic carbocycles. The highest BCUT2D eigenvalue weighted by atomic mass is 35.5. The first-order valence-corrected chi connectivity index (χ1v) is 6.94. The molecule has 0 radical (unpaired) electrons. The Morgan fingerprint density at radius 2 is 2.06 bits per heavy atom. The quantitative estimate of drug-likeness (QED) is 0.899. The molecule has 2 rings (SSSR count).